The molecule has 0 heterocycles. The highest BCUT2D eigenvalue weighted by atomic mass is 19.4. The molecule has 0 aromatic heterocycles. The first-order valence-electron chi connectivity index (χ1n) is 11.3. The standard InChI is InChI=1S/C25H27F5N4O/c1-15-11-19(12-22(21(15)13-31)25(28,29)30)32-17-5-7-18(8-6-17)33-24(35)16-3-9-20(10-4-16)34(2)14-23(26)27/h3-4,9-12,17-18,23,32H,5-8,14H2,1-2H3,(H,33,35)/t17-,18+. The smallest absolute Gasteiger partial charge is 0.382 e. The summed E-state index contributed by atoms with van der Waals surface area (Å²) in [5, 5.41) is 15.2. The summed E-state index contributed by atoms with van der Waals surface area (Å²) in [6.45, 7) is 1.08. The van der Waals surface area contributed by atoms with E-state index in [1.165, 1.54) is 11.8 Å². The van der Waals surface area contributed by atoms with Gasteiger partial charge in [-0.3, -0.25) is 4.79 Å². The van der Waals surface area contributed by atoms with Crippen LogP contribution >= 0.6 is 0 Å². The van der Waals surface area contributed by atoms with Crippen LogP contribution in [-0.2, 0) is 6.18 Å². The number of anilines is 2. The second-order valence-corrected chi connectivity index (χ2v) is 8.81. The molecule has 1 saturated carbocycles. The molecule has 0 unspecified atom stereocenters. The lowest BCUT2D eigenvalue weighted by Crippen LogP contribution is -2.40. The molecule has 1 fully saturated rings. The van der Waals surface area contributed by atoms with Crippen LogP contribution in [0.2, 0.25) is 0 Å². The number of nitrogens with zero attached hydrogens (tertiary/aromatic N) is 2. The van der Waals surface area contributed by atoms with Crippen LogP contribution in [0.5, 0.6) is 0 Å². The summed E-state index contributed by atoms with van der Waals surface area (Å²) < 4.78 is 65.1. The molecule has 0 radical (unpaired) electrons. The van der Waals surface area contributed by atoms with Crippen LogP contribution in [0, 0.1) is 18.3 Å². The van der Waals surface area contributed by atoms with E-state index in [-0.39, 0.29) is 29.1 Å². The number of carbonyl (C=O) groups is 1. The maximum atomic E-state index is 13.3. The minimum absolute atomic E-state index is 0.0544. The first-order chi connectivity index (χ1) is 16.5. The molecule has 1 aliphatic carbocycles. The molecule has 0 saturated heterocycles. The SMILES string of the molecule is Cc1cc(N[C@H]2CC[C@@H](NC(=O)c3ccc(N(C)CC(F)F)cc3)CC2)cc(C(F)(F)F)c1C#N. The number of amides is 1. The van der Waals surface area contributed by atoms with Crippen molar-refractivity contribution in [1.29, 1.82) is 5.26 Å². The molecule has 1 aliphatic rings. The van der Waals surface area contributed by atoms with Gasteiger partial charge in [-0.05, 0) is 74.6 Å². The lowest BCUT2D eigenvalue weighted by molar-refractivity contribution is -0.137. The van der Waals surface area contributed by atoms with Crippen molar-refractivity contribution in [3.63, 3.8) is 0 Å². The fourth-order valence-electron chi connectivity index (χ4n) is 4.31. The van der Waals surface area contributed by atoms with Gasteiger partial charge in [-0.25, -0.2) is 8.78 Å². The summed E-state index contributed by atoms with van der Waals surface area (Å²) in [4.78, 5) is 14.0. The third-order valence-corrected chi connectivity index (χ3v) is 6.17. The van der Waals surface area contributed by atoms with Gasteiger partial charge in [0, 0.05) is 36.1 Å². The third-order valence-electron chi connectivity index (χ3n) is 6.17. The minimum Gasteiger partial charge on any atom is -0.382 e. The number of halogens is 5. The highest BCUT2D eigenvalue weighted by Crippen LogP contribution is 2.36. The topological polar surface area (TPSA) is 68.2 Å². The van der Waals surface area contributed by atoms with Gasteiger partial charge in [-0.2, -0.15) is 18.4 Å². The second kappa shape index (κ2) is 10.9. The van der Waals surface area contributed by atoms with Gasteiger partial charge in [0.05, 0.1) is 17.7 Å². The van der Waals surface area contributed by atoms with Gasteiger partial charge >= 0.3 is 6.18 Å². The summed E-state index contributed by atoms with van der Waals surface area (Å²) >= 11 is 0. The third kappa shape index (κ3) is 6.84. The van der Waals surface area contributed by atoms with E-state index in [2.05, 4.69) is 10.6 Å². The van der Waals surface area contributed by atoms with Gasteiger partial charge in [-0.15, -0.1) is 0 Å². The Balaban J connectivity index is 1.55. The van der Waals surface area contributed by atoms with Crippen molar-refractivity contribution < 1.29 is 26.7 Å². The number of nitrogens with one attached hydrogen (secondary N) is 2. The highest BCUT2D eigenvalue weighted by molar-refractivity contribution is 5.94. The monoisotopic (exact) mass is 494 g/mol. The first-order valence-corrected chi connectivity index (χ1v) is 11.3. The van der Waals surface area contributed by atoms with Crippen LogP contribution in [0.3, 0.4) is 0 Å². The van der Waals surface area contributed by atoms with Crippen molar-refractivity contribution in [3.05, 3.63) is 58.7 Å². The molecule has 2 N–H and O–H groups in total. The molecule has 2 aromatic rings. The highest BCUT2D eigenvalue weighted by Gasteiger charge is 2.35. The van der Waals surface area contributed by atoms with Crippen LogP contribution in [-0.4, -0.2) is 38.0 Å². The molecule has 2 aromatic carbocycles. The summed E-state index contributed by atoms with van der Waals surface area (Å²) in [5.74, 6) is -0.262. The van der Waals surface area contributed by atoms with Crippen molar-refractivity contribution in [1.82, 2.24) is 5.32 Å². The molecule has 10 heteroatoms. The molecule has 0 atom stereocenters. The zero-order chi connectivity index (χ0) is 25.8. The van der Waals surface area contributed by atoms with Gasteiger partial charge in [0.2, 0.25) is 0 Å². The Kier molecular flexibility index (Phi) is 8.20. The van der Waals surface area contributed by atoms with E-state index in [0.717, 1.165) is 6.07 Å². The van der Waals surface area contributed by atoms with Crippen LogP contribution in [0.4, 0.5) is 33.3 Å². The Labute approximate surface area is 200 Å². The molecule has 0 bridgehead atoms. The van der Waals surface area contributed by atoms with Crippen molar-refractivity contribution in [2.24, 2.45) is 0 Å². The van der Waals surface area contributed by atoms with Gasteiger partial charge in [-0.1, -0.05) is 0 Å². The number of hydrogen-bond donors (Lipinski definition) is 2. The second-order valence-electron chi connectivity index (χ2n) is 8.81. The minimum atomic E-state index is -4.62. The molecular formula is C25H27F5N4O. The summed E-state index contributed by atoms with van der Waals surface area (Å²) in [5.41, 5.74) is 0.265. The molecule has 0 aliphatic heterocycles. The Bertz CT molecular complexity index is 1070. The largest absolute Gasteiger partial charge is 0.417 e. The quantitative estimate of drug-likeness (QED) is 0.482. The van der Waals surface area contributed by atoms with E-state index in [4.69, 9.17) is 5.26 Å². The number of alkyl halides is 5. The zero-order valence-electron chi connectivity index (χ0n) is 19.4. The van der Waals surface area contributed by atoms with Crippen LogP contribution in [0.25, 0.3) is 0 Å². The number of nitriles is 1. The van der Waals surface area contributed by atoms with E-state index in [9.17, 15) is 26.7 Å². The van der Waals surface area contributed by atoms with E-state index in [1.807, 2.05) is 0 Å². The summed E-state index contributed by atoms with van der Waals surface area (Å²) in [6, 6.07) is 10.4. The Morgan fingerprint density at radius 1 is 1.11 bits per heavy atom. The van der Waals surface area contributed by atoms with Gasteiger partial charge in [0.25, 0.3) is 12.3 Å². The van der Waals surface area contributed by atoms with Crippen molar-refractivity contribution in [2.45, 2.75) is 57.3 Å². The summed E-state index contributed by atoms with van der Waals surface area (Å²) in [6.07, 6.45) is -4.46. The average Bonchev–Trinajstić information content (AvgIpc) is 2.79. The fourth-order valence-corrected chi connectivity index (χ4v) is 4.31. The van der Waals surface area contributed by atoms with E-state index >= 15 is 0 Å². The van der Waals surface area contributed by atoms with E-state index < -0.39 is 24.7 Å². The number of carbonyl (C=O) groups excluding carboxylic acids is 1. The molecule has 5 nitrogen and oxygen atoms in total. The molecule has 1 amide bonds. The van der Waals surface area contributed by atoms with Crippen molar-refractivity contribution in [3.8, 4) is 6.07 Å². The molecule has 3 rings (SSSR count). The van der Waals surface area contributed by atoms with E-state index in [1.54, 1.807) is 43.4 Å². The van der Waals surface area contributed by atoms with Gasteiger partial charge in [0.1, 0.15) is 6.07 Å². The Morgan fingerprint density at radius 3 is 2.26 bits per heavy atom. The number of aryl methyl sites for hydroxylation is 1. The number of rotatable bonds is 7. The molecule has 35 heavy (non-hydrogen) atoms. The maximum Gasteiger partial charge on any atom is 0.417 e. The average molecular weight is 495 g/mol. The van der Waals surface area contributed by atoms with Crippen LogP contribution in [0.1, 0.15) is 52.7 Å². The number of benzene rings is 2. The van der Waals surface area contributed by atoms with Crippen molar-refractivity contribution in [2.75, 3.05) is 23.8 Å². The predicted molar refractivity (Wildman–Crippen MR) is 124 cm³/mol. The van der Waals surface area contributed by atoms with E-state index in [0.29, 0.717) is 42.6 Å². The Hall–Kier alpha value is -3.35. The molecular weight excluding hydrogens is 467 g/mol. The predicted octanol–water partition coefficient (Wildman–Crippen LogP) is 5.74. The normalized spacial score (nSPS) is 18.1. The fraction of sp³-hybridized carbons (Fsp3) is 0.440. The van der Waals surface area contributed by atoms with Crippen molar-refractivity contribution >= 4 is 17.3 Å². The first kappa shape index (κ1) is 26.3. The lowest BCUT2D eigenvalue weighted by atomic mass is 9.90. The lowest BCUT2D eigenvalue weighted by Gasteiger charge is -2.30. The zero-order valence-corrected chi connectivity index (χ0v) is 19.4. The number of hydrogen-bond acceptors (Lipinski definition) is 4. The summed E-state index contributed by atoms with van der Waals surface area (Å²) in [7, 11) is 1.55. The maximum absolute atomic E-state index is 13.3. The molecule has 188 valence electrons. The van der Waals surface area contributed by atoms with Gasteiger partial charge < -0.3 is 15.5 Å². The van der Waals surface area contributed by atoms with Crippen LogP contribution in [0.15, 0.2) is 36.4 Å². The Morgan fingerprint density at radius 2 is 1.71 bits per heavy atom. The van der Waals surface area contributed by atoms with Gasteiger partial charge in [0.15, 0.2) is 0 Å². The molecule has 0 spiro atoms. The van der Waals surface area contributed by atoms with Crippen LogP contribution < -0.4 is 15.5 Å².